The van der Waals surface area contributed by atoms with E-state index in [2.05, 4.69) is 25.8 Å². The number of nitrogens with zero attached hydrogens (tertiary/aromatic N) is 1. The van der Waals surface area contributed by atoms with Crippen LogP contribution in [-0.4, -0.2) is 30.3 Å². The van der Waals surface area contributed by atoms with E-state index in [-0.39, 0.29) is 0 Å². The summed E-state index contributed by atoms with van der Waals surface area (Å²) in [7, 11) is 2.12. The van der Waals surface area contributed by atoms with Crippen LogP contribution in [0.1, 0.15) is 40.0 Å². The zero-order valence-corrected chi connectivity index (χ0v) is 8.76. The van der Waals surface area contributed by atoms with Gasteiger partial charge in [-0.3, -0.25) is 0 Å². The highest BCUT2D eigenvalue weighted by atomic mass is 16.1. The van der Waals surface area contributed by atoms with Gasteiger partial charge in [0, 0.05) is 12.5 Å². The van der Waals surface area contributed by atoms with Crippen molar-refractivity contribution >= 4 is 5.78 Å². The van der Waals surface area contributed by atoms with Gasteiger partial charge in [-0.25, -0.2) is 0 Å². The molecule has 0 bridgehead atoms. The molecular formula is C10H21NO. The second-order valence-electron chi connectivity index (χ2n) is 3.54. The minimum absolute atomic E-state index is 0.299. The van der Waals surface area contributed by atoms with Crippen LogP contribution < -0.4 is 0 Å². The molecule has 0 spiro atoms. The molecule has 0 rings (SSSR count). The summed E-state index contributed by atoms with van der Waals surface area (Å²) >= 11 is 0. The van der Waals surface area contributed by atoms with Crippen LogP contribution in [0, 0.1) is 0 Å². The standard InChI is InChI=1S/C10H21NO/c1-5-9(2)11(4)8-6-7-10(3)12/h9H,5-8H2,1-4H3. The maximum absolute atomic E-state index is 10.6. The molecule has 0 saturated carbocycles. The number of hydrogen-bond acceptors (Lipinski definition) is 2. The van der Waals surface area contributed by atoms with Crippen molar-refractivity contribution in [2.75, 3.05) is 13.6 Å². The molecule has 0 fully saturated rings. The minimum Gasteiger partial charge on any atom is -0.304 e. The Bertz CT molecular complexity index is 134. The Kier molecular flexibility index (Phi) is 5.99. The normalized spacial score (nSPS) is 13.4. The van der Waals surface area contributed by atoms with Crippen molar-refractivity contribution in [3.63, 3.8) is 0 Å². The lowest BCUT2D eigenvalue weighted by Crippen LogP contribution is -2.29. The monoisotopic (exact) mass is 171 g/mol. The summed E-state index contributed by atoms with van der Waals surface area (Å²) in [6, 6.07) is 0.636. The van der Waals surface area contributed by atoms with E-state index >= 15 is 0 Å². The average Bonchev–Trinajstić information content (AvgIpc) is 2.02. The first-order valence-corrected chi connectivity index (χ1v) is 4.77. The summed E-state index contributed by atoms with van der Waals surface area (Å²) < 4.78 is 0. The first-order chi connectivity index (χ1) is 5.57. The highest BCUT2D eigenvalue weighted by Gasteiger charge is 2.05. The molecule has 1 atom stereocenters. The van der Waals surface area contributed by atoms with Crippen LogP contribution in [0.5, 0.6) is 0 Å². The van der Waals surface area contributed by atoms with E-state index in [1.807, 2.05) is 0 Å². The summed E-state index contributed by atoms with van der Waals surface area (Å²) in [4.78, 5) is 13.0. The molecule has 0 aromatic rings. The lowest BCUT2D eigenvalue weighted by Gasteiger charge is -2.22. The van der Waals surface area contributed by atoms with Gasteiger partial charge in [0.05, 0.1) is 0 Å². The third-order valence-corrected chi connectivity index (χ3v) is 2.38. The lowest BCUT2D eigenvalue weighted by molar-refractivity contribution is -0.117. The van der Waals surface area contributed by atoms with Gasteiger partial charge in [-0.15, -0.1) is 0 Å². The number of ketones is 1. The van der Waals surface area contributed by atoms with Gasteiger partial charge in [0.25, 0.3) is 0 Å². The molecule has 72 valence electrons. The van der Waals surface area contributed by atoms with Crippen molar-refractivity contribution in [2.45, 2.75) is 46.1 Å². The highest BCUT2D eigenvalue weighted by Crippen LogP contribution is 2.02. The molecule has 0 saturated heterocycles. The van der Waals surface area contributed by atoms with Gasteiger partial charge in [0.1, 0.15) is 5.78 Å². The van der Waals surface area contributed by atoms with E-state index in [9.17, 15) is 4.79 Å². The van der Waals surface area contributed by atoms with Crippen LogP contribution in [-0.2, 0) is 4.79 Å². The van der Waals surface area contributed by atoms with E-state index < -0.39 is 0 Å². The molecule has 0 radical (unpaired) electrons. The second-order valence-corrected chi connectivity index (χ2v) is 3.54. The van der Waals surface area contributed by atoms with E-state index in [0.29, 0.717) is 11.8 Å². The molecule has 0 amide bonds. The van der Waals surface area contributed by atoms with Crippen LogP contribution in [0.15, 0.2) is 0 Å². The molecule has 0 N–H and O–H groups in total. The van der Waals surface area contributed by atoms with Gasteiger partial charge in [-0.2, -0.15) is 0 Å². The van der Waals surface area contributed by atoms with Crippen LogP contribution >= 0.6 is 0 Å². The molecule has 2 nitrogen and oxygen atoms in total. The maximum atomic E-state index is 10.6. The summed E-state index contributed by atoms with van der Waals surface area (Å²) in [5, 5.41) is 0. The maximum Gasteiger partial charge on any atom is 0.129 e. The predicted molar refractivity (Wildman–Crippen MR) is 52.3 cm³/mol. The Labute approximate surface area is 75.9 Å². The van der Waals surface area contributed by atoms with Crippen molar-refractivity contribution in [1.82, 2.24) is 4.90 Å². The van der Waals surface area contributed by atoms with Gasteiger partial charge in [-0.05, 0) is 40.3 Å². The number of Topliss-reactive ketones (excluding diaryl/α,β-unsaturated/α-hetero) is 1. The van der Waals surface area contributed by atoms with Crippen molar-refractivity contribution in [3.8, 4) is 0 Å². The zero-order valence-electron chi connectivity index (χ0n) is 8.76. The highest BCUT2D eigenvalue weighted by molar-refractivity contribution is 5.75. The summed E-state index contributed by atoms with van der Waals surface area (Å²) in [5.74, 6) is 0.299. The third-order valence-electron chi connectivity index (χ3n) is 2.38. The first-order valence-electron chi connectivity index (χ1n) is 4.77. The fraction of sp³-hybridized carbons (Fsp3) is 0.900. The lowest BCUT2D eigenvalue weighted by atomic mass is 10.2. The van der Waals surface area contributed by atoms with E-state index in [4.69, 9.17) is 0 Å². The summed E-state index contributed by atoms with van der Waals surface area (Å²) in [6.07, 6.45) is 2.90. The quantitative estimate of drug-likeness (QED) is 0.610. The Morgan fingerprint density at radius 1 is 1.50 bits per heavy atom. The first kappa shape index (κ1) is 11.6. The van der Waals surface area contributed by atoms with Crippen LogP contribution in [0.25, 0.3) is 0 Å². The van der Waals surface area contributed by atoms with Crippen molar-refractivity contribution < 1.29 is 4.79 Å². The second kappa shape index (κ2) is 6.18. The summed E-state index contributed by atoms with van der Waals surface area (Å²) in [5.41, 5.74) is 0. The van der Waals surface area contributed by atoms with Gasteiger partial charge in [-0.1, -0.05) is 6.92 Å². The van der Waals surface area contributed by atoms with Gasteiger partial charge >= 0.3 is 0 Å². The number of rotatable bonds is 6. The summed E-state index contributed by atoms with van der Waals surface area (Å²) in [6.45, 7) is 7.09. The molecule has 0 aromatic heterocycles. The smallest absolute Gasteiger partial charge is 0.129 e. The van der Waals surface area contributed by atoms with Crippen molar-refractivity contribution in [1.29, 1.82) is 0 Å². The predicted octanol–water partition coefficient (Wildman–Crippen LogP) is 2.09. The van der Waals surface area contributed by atoms with Gasteiger partial charge in [0.2, 0.25) is 0 Å². The topological polar surface area (TPSA) is 20.3 Å². The van der Waals surface area contributed by atoms with Gasteiger partial charge in [0.15, 0.2) is 0 Å². The van der Waals surface area contributed by atoms with Crippen LogP contribution in [0.2, 0.25) is 0 Å². The molecule has 0 aliphatic rings. The van der Waals surface area contributed by atoms with E-state index in [1.165, 1.54) is 6.42 Å². The Hall–Kier alpha value is -0.370. The molecular weight excluding hydrogens is 150 g/mol. The van der Waals surface area contributed by atoms with Crippen LogP contribution in [0.3, 0.4) is 0 Å². The van der Waals surface area contributed by atoms with Crippen LogP contribution in [0.4, 0.5) is 0 Å². The molecule has 0 heterocycles. The van der Waals surface area contributed by atoms with E-state index in [1.54, 1.807) is 6.92 Å². The van der Waals surface area contributed by atoms with Crippen molar-refractivity contribution in [3.05, 3.63) is 0 Å². The SMILES string of the molecule is CCC(C)N(C)CCCC(C)=O. The Balaban J connectivity index is 3.43. The molecule has 0 aliphatic heterocycles. The molecule has 12 heavy (non-hydrogen) atoms. The number of carbonyl (C=O) groups excluding carboxylic acids is 1. The minimum atomic E-state index is 0.299. The molecule has 0 aliphatic carbocycles. The Morgan fingerprint density at radius 3 is 2.50 bits per heavy atom. The Morgan fingerprint density at radius 2 is 2.08 bits per heavy atom. The third kappa shape index (κ3) is 5.30. The number of hydrogen-bond donors (Lipinski definition) is 0. The molecule has 2 heteroatoms. The van der Waals surface area contributed by atoms with Crippen molar-refractivity contribution in [2.24, 2.45) is 0 Å². The fourth-order valence-electron chi connectivity index (χ4n) is 1.11. The number of carbonyl (C=O) groups is 1. The average molecular weight is 171 g/mol. The fourth-order valence-corrected chi connectivity index (χ4v) is 1.11. The van der Waals surface area contributed by atoms with E-state index in [0.717, 1.165) is 19.4 Å². The zero-order chi connectivity index (χ0) is 9.56. The van der Waals surface area contributed by atoms with Gasteiger partial charge < -0.3 is 9.69 Å². The largest absolute Gasteiger partial charge is 0.304 e. The molecule has 1 unspecified atom stereocenters. The molecule has 0 aromatic carbocycles.